The minimum Gasteiger partial charge on any atom is -0.496 e. The van der Waals surface area contributed by atoms with E-state index in [-0.39, 0.29) is 12.7 Å². The fraction of sp³-hybridized carbons (Fsp3) is 0.611. The lowest BCUT2D eigenvalue weighted by molar-refractivity contribution is -0.133. The van der Waals surface area contributed by atoms with Crippen molar-refractivity contribution in [3.05, 3.63) is 17.7 Å². The molecule has 1 saturated heterocycles. The molecule has 0 aliphatic carbocycles. The number of hydrogen-bond donors (Lipinski definition) is 0. The molecule has 3 rings (SSSR count). The summed E-state index contributed by atoms with van der Waals surface area (Å²) < 4.78 is 16.4. The molecule has 6 heteroatoms. The Bertz CT molecular complexity index is 595. The van der Waals surface area contributed by atoms with Gasteiger partial charge in [0.2, 0.25) is 12.7 Å². The van der Waals surface area contributed by atoms with Crippen molar-refractivity contribution >= 4 is 5.91 Å². The zero-order valence-electron chi connectivity index (χ0n) is 14.7. The van der Waals surface area contributed by atoms with Gasteiger partial charge in [-0.2, -0.15) is 0 Å². The second-order valence-corrected chi connectivity index (χ2v) is 6.77. The predicted molar refractivity (Wildman–Crippen MR) is 90.4 cm³/mol. The molecule has 132 valence electrons. The van der Waals surface area contributed by atoms with Crippen molar-refractivity contribution in [3.63, 3.8) is 0 Å². The van der Waals surface area contributed by atoms with Crippen LogP contribution in [-0.4, -0.2) is 55.8 Å². The number of ether oxygens (including phenoxy) is 3. The molecule has 2 aliphatic rings. The standard InChI is InChI=1S/C18H26N2O4/c1-13(2)8-18(21)20-6-4-19(5-7-20)11-14-9-16-17(24-12-23-16)10-15(14)22-3/h9-10,13H,4-8,11-12H2,1-3H3. The van der Waals surface area contributed by atoms with Crippen LogP contribution in [0.4, 0.5) is 0 Å². The van der Waals surface area contributed by atoms with E-state index < -0.39 is 0 Å². The number of amides is 1. The van der Waals surface area contributed by atoms with Gasteiger partial charge in [0, 0.05) is 50.8 Å². The lowest BCUT2D eigenvalue weighted by Gasteiger charge is -2.35. The Balaban J connectivity index is 1.59. The van der Waals surface area contributed by atoms with E-state index >= 15 is 0 Å². The van der Waals surface area contributed by atoms with Crippen LogP contribution >= 0.6 is 0 Å². The van der Waals surface area contributed by atoms with Crippen molar-refractivity contribution in [2.45, 2.75) is 26.8 Å². The quantitative estimate of drug-likeness (QED) is 0.825. The summed E-state index contributed by atoms with van der Waals surface area (Å²) in [6, 6.07) is 3.89. The first kappa shape index (κ1) is 16.9. The number of nitrogens with zero attached hydrogens (tertiary/aromatic N) is 2. The van der Waals surface area contributed by atoms with Crippen LogP contribution in [0.3, 0.4) is 0 Å². The topological polar surface area (TPSA) is 51.2 Å². The fourth-order valence-corrected chi connectivity index (χ4v) is 3.15. The van der Waals surface area contributed by atoms with Crippen molar-refractivity contribution in [2.24, 2.45) is 5.92 Å². The molecule has 1 aromatic carbocycles. The van der Waals surface area contributed by atoms with Gasteiger partial charge in [0.15, 0.2) is 11.5 Å². The van der Waals surface area contributed by atoms with Crippen molar-refractivity contribution in [3.8, 4) is 17.2 Å². The summed E-state index contributed by atoms with van der Waals surface area (Å²) in [5, 5.41) is 0. The highest BCUT2D eigenvalue weighted by Crippen LogP contribution is 2.38. The minimum atomic E-state index is 0.262. The summed E-state index contributed by atoms with van der Waals surface area (Å²) in [6.45, 7) is 8.55. The van der Waals surface area contributed by atoms with Gasteiger partial charge >= 0.3 is 0 Å². The Morgan fingerprint density at radius 3 is 2.46 bits per heavy atom. The Labute approximate surface area is 143 Å². The third kappa shape index (κ3) is 3.75. The van der Waals surface area contributed by atoms with Gasteiger partial charge in [-0.15, -0.1) is 0 Å². The monoisotopic (exact) mass is 334 g/mol. The van der Waals surface area contributed by atoms with Crippen LogP contribution in [0, 0.1) is 5.92 Å². The molecule has 0 atom stereocenters. The van der Waals surface area contributed by atoms with Crippen LogP contribution in [0.1, 0.15) is 25.8 Å². The molecular weight excluding hydrogens is 308 g/mol. The number of methoxy groups -OCH3 is 1. The largest absolute Gasteiger partial charge is 0.496 e. The average molecular weight is 334 g/mol. The van der Waals surface area contributed by atoms with Gasteiger partial charge in [-0.05, 0) is 12.0 Å². The van der Waals surface area contributed by atoms with E-state index in [1.165, 1.54) is 0 Å². The van der Waals surface area contributed by atoms with Crippen LogP contribution in [0.5, 0.6) is 17.2 Å². The molecule has 6 nitrogen and oxygen atoms in total. The first-order chi connectivity index (χ1) is 11.6. The van der Waals surface area contributed by atoms with Crippen LogP contribution < -0.4 is 14.2 Å². The lowest BCUT2D eigenvalue weighted by Crippen LogP contribution is -2.48. The Kier molecular flexibility index (Phi) is 5.14. The van der Waals surface area contributed by atoms with Gasteiger partial charge in [0.1, 0.15) is 5.75 Å². The predicted octanol–water partition coefficient (Wildman–Crippen LogP) is 2.11. The van der Waals surface area contributed by atoms with Crippen molar-refractivity contribution < 1.29 is 19.0 Å². The first-order valence-electron chi connectivity index (χ1n) is 8.53. The van der Waals surface area contributed by atoms with Crippen LogP contribution in [0.25, 0.3) is 0 Å². The van der Waals surface area contributed by atoms with Crippen molar-refractivity contribution in [1.82, 2.24) is 9.80 Å². The van der Waals surface area contributed by atoms with Crippen LogP contribution in [0.2, 0.25) is 0 Å². The molecule has 24 heavy (non-hydrogen) atoms. The SMILES string of the molecule is COc1cc2c(cc1CN1CCN(C(=O)CC(C)C)CC1)OCO2. The maximum absolute atomic E-state index is 12.2. The highest BCUT2D eigenvalue weighted by molar-refractivity contribution is 5.76. The second kappa shape index (κ2) is 7.30. The summed E-state index contributed by atoms with van der Waals surface area (Å²) in [5.74, 6) is 3.01. The van der Waals surface area contributed by atoms with Gasteiger partial charge in [0.05, 0.1) is 7.11 Å². The maximum Gasteiger partial charge on any atom is 0.231 e. The molecule has 1 amide bonds. The number of carbonyl (C=O) groups excluding carboxylic acids is 1. The van der Waals surface area contributed by atoms with E-state index in [9.17, 15) is 4.79 Å². The third-order valence-corrected chi connectivity index (χ3v) is 4.48. The van der Waals surface area contributed by atoms with Crippen LogP contribution in [-0.2, 0) is 11.3 Å². The molecule has 2 aliphatic heterocycles. The van der Waals surface area contributed by atoms with E-state index in [4.69, 9.17) is 14.2 Å². The average Bonchev–Trinajstić information content (AvgIpc) is 3.01. The van der Waals surface area contributed by atoms with Crippen molar-refractivity contribution in [1.29, 1.82) is 0 Å². The highest BCUT2D eigenvalue weighted by atomic mass is 16.7. The Morgan fingerprint density at radius 1 is 1.17 bits per heavy atom. The Morgan fingerprint density at radius 2 is 1.83 bits per heavy atom. The maximum atomic E-state index is 12.2. The number of benzene rings is 1. The number of piperazine rings is 1. The van der Waals surface area contributed by atoms with Gasteiger partial charge in [0.25, 0.3) is 0 Å². The number of fused-ring (bicyclic) bond motifs is 1. The van der Waals surface area contributed by atoms with Crippen molar-refractivity contribution in [2.75, 3.05) is 40.1 Å². The number of rotatable bonds is 5. The molecule has 0 radical (unpaired) electrons. The highest BCUT2D eigenvalue weighted by Gasteiger charge is 2.24. The molecule has 0 spiro atoms. The zero-order valence-corrected chi connectivity index (χ0v) is 14.7. The molecule has 1 aromatic rings. The smallest absolute Gasteiger partial charge is 0.231 e. The first-order valence-corrected chi connectivity index (χ1v) is 8.53. The zero-order chi connectivity index (χ0) is 17.1. The van der Waals surface area contributed by atoms with Gasteiger partial charge < -0.3 is 19.1 Å². The van der Waals surface area contributed by atoms with E-state index in [1.807, 2.05) is 17.0 Å². The Hall–Kier alpha value is -1.95. The number of carbonyl (C=O) groups is 1. The molecule has 0 saturated carbocycles. The van der Waals surface area contributed by atoms with E-state index in [2.05, 4.69) is 18.7 Å². The minimum absolute atomic E-state index is 0.262. The van der Waals surface area contributed by atoms with Crippen LogP contribution in [0.15, 0.2) is 12.1 Å². The summed E-state index contributed by atoms with van der Waals surface area (Å²) in [7, 11) is 1.67. The molecule has 0 N–H and O–H groups in total. The van der Waals surface area contributed by atoms with Gasteiger partial charge in [-0.25, -0.2) is 0 Å². The van der Waals surface area contributed by atoms with Gasteiger partial charge in [-0.3, -0.25) is 9.69 Å². The van der Waals surface area contributed by atoms with E-state index in [1.54, 1.807) is 7.11 Å². The molecule has 1 fully saturated rings. The lowest BCUT2D eigenvalue weighted by atomic mass is 10.1. The molecule has 0 unspecified atom stereocenters. The molecule has 0 bridgehead atoms. The molecule has 0 aromatic heterocycles. The fourth-order valence-electron chi connectivity index (χ4n) is 3.15. The normalized spacial score (nSPS) is 17.4. The summed E-state index contributed by atoms with van der Waals surface area (Å²) in [4.78, 5) is 16.5. The number of hydrogen-bond acceptors (Lipinski definition) is 5. The summed E-state index contributed by atoms with van der Waals surface area (Å²) in [5.41, 5.74) is 1.09. The second-order valence-electron chi connectivity index (χ2n) is 6.77. The molecule has 2 heterocycles. The third-order valence-electron chi connectivity index (χ3n) is 4.48. The summed E-state index contributed by atoms with van der Waals surface area (Å²) in [6.07, 6.45) is 0.635. The van der Waals surface area contributed by atoms with Gasteiger partial charge in [-0.1, -0.05) is 13.8 Å². The summed E-state index contributed by atoms with van der Waals surface area (Å²) >= 11 is 0. The van der Waals surface area contributed by atoms with E-state index in [0.29, 0.717) is 12.3 Å². The van der Waals surface area contributed by atoms with E-state index in [0.717, 1.165) is 55.5 Å². The molecular formula is C18H26N2O4.